The zero-order chi connectivity index (χ0) is 34.2. The molecule has 5 heteroatoms. The Hall–Kier alpha value is -1.91. The summed E-state index contributed by atoms with van der Waals surface area (Å²) in [6.07, 6.45) is 13.2. The van der Waals surface area contributed by atoms with Crippen LogP contribution in [0.1, 0.15) is 139 Å². The summed E-state index contributed by atoms with van der Waals surface area (Å²) in [5.41, 5.74) is 3.94. The van der Waals surface area contributed by atoms with Crippen molar-refractivity contribution < 1.29 is 19.4 Å². The maximum Gasteiger partial charge on any atom is 0.307 e. The lowest BCUT2D eigenvalue weighted by atomic mass is 9.42. The molecule has 0 amide bonds. The number of fused-ring (bicyclic) bond motifs is 5. The third kappa shape index (κ3) is 6.82. The van der Waals surface area contributed by atoms with Crippen molar-refractivity contribution in [2.45, 2.75) is 145 Å². The fourth-order valence-corrected chi connectivity index (χ4v) is 11.1. The van der Waals surface area contributed by atoms with E-state index in [0.717, 1.165) is 38.0 Å². The molecule has 4 rings (SSSR count). The Kier molecular flexibility index (Phi) is 11.5. The summed E-state index contributed by atoms with van der Waals surface area (Å²) >= 11 is 0. The molecule has 260 valence electrons. The van der Waals surface area contributed by atoms with E-state index < -0.39 is 5.41 Å². The number of rotatable bonds is 11. The van der Waals surface area contributed by atoms with E-state index in [1.165, 1.54) is 49.7 Å². The normalized spacial score (nSPS) is 38.2. The third-order valence-corrected chi connectivity index (χ3v) is 14.4. The van der Waals surface area contributed by atoms with Crippen LogP contribution in [0.15, 0.2) is 28.5 Å². The summed E-state index contributed by atoms with van der Waals surface area (Å²) in [6, 6.07) is 0. The van der Waals surface area contributed by atoms with Crippen molar-refractivity contribution in [2.24, 2.45) is 68.6 Å². The molecule has 1 N–H and O–H groups in total. The molecule has 4 aliphatic carbocycles. The van der Waals surface area contributed by atoms with Crippen LogP contribution in [0.25, 0.3) is 0 Å². The molecule has 4 saturated carbocycles. The highest BCUT2D eigenvalue weighted by Gasteiger charge is 2.59. The van der Waals surface area contributed by atoms with E-state index in [0.29, 0.717) is 47.8 Å². The van der Waals surface area contributed by atoms with E-state index in [1.54, 1.807) is 5.57 Å². The highest BCUT2D eigenvalue weighted by molar-refractivity contribution is 5.87. The minimum atomic E-state index is -0.677. The molecule has 46 heavy (non-hydrogen) atoms. The molecule has 0 radical (unpaired) electrons. The van der Waals surface area contributed by atoms with Gasteiger partial charge in [-0.05, 0) is 124 Å². The van der Waals surface area contributed by atoms with Gasteiger partial charge < -0.3 is 14.6 Å². The standard InChI is InChI=1S/C41H67NO4/c1-12-26(4)35(42-11)23-41(21-22-43)20-17-30-31-13-15-33-28(6)36(46-37(45)24-39(8,9)29(7)44)18-19-40(33,10)34(31)16-14-32(30)38(41)27(5)25(2)3/h22,25-26,28,30-34,36,44H,7,12-21,23-24H2,1-6,8-11H3/b38-27+,42-35?. The number of esters is 1. The SMILES string of the molecule is C=C(O)C(C)(C)CC(=O)OC1CCC2(C)C(CCC3C4CCC(CC=O)(CC(=NC)C(C)CC)/C(=C(\C)C(C)C)C4CCC32)C1C. The van der Waals surface area contributed by atoms with Crippen LogP contribution >= 0.6 is 0 Å². The Morgan fingerprint density at radius 3 is 2.35 bits per heavy atom. The molecule has 0 aromatic carbocycles. The number of hydrogen-bond acceptors (Lipinski definition) is 5. The van der Waals surface area contributed by atoms with Crippen molar-refractivity contribution in [1.29, 1.82) is 0 Å². The monoisotopic (exact) mass is 638 g/mol. The summed E-state index contributed by atoms with van der Waals surface area (Å²) in [5.74, 6) is 4.28. The number of allylic oxidation sites excluding steroid dienone is 3. The molecule has 5 nitrogen and oxygen atoms in total. The fourth-order valence-electron chi connectivity index (χ4n) is 11.1. The number of aliphatic imine (C=N–C) groups is 1. The molecule has 0 heterocycles. The molecule has 0 saturated heterocycles. The molecule has 0 spiro atoms. The van der Waals surface area contributed by atoms with Crippen LogP contribution in [0, 0.1) is 63.6 Å². The van der Waals surface area contributed by atoms with E-state index in [-0.39, 0.29) is 35.1 Å². The summed E-state index contributed by atoms with van der Waals surface area (Å²) in [7, 11) is 1.95. The first-order chi connectivity index (χ1) is 21.6. The van der Waals surface area contributed by atoms with E-state index in [4.69, 9.17) is 9.73 Å². The van der Waals surface area contributed by atoms with Gasteiger partial charge in [0.05, 0.1) is 12.2 Å². The maximum absolute atomic E-state index is 13.0. The minimum Gasteiger partial charge on any atom is -0.512 e. The van der Waals surface area contributed by atoms with Crippen LogP contribution in [0.3, 0.4) is 0 Å². The molecule has 0 aliphatic heterocycles. The quantitative estimate of drug-likeness (QED) is 0.0804. The molecule has 4 fully saturated rings. The summed E-state index contributed by atoms with van der Waals surface area (Å²) in [5, 5.41) is 9.95. The predicted octanol–water partition coefficient (Wildman–Crippen LogP) is 10.3. The zero-order valence-electron chi connectivity index (χ0n) is 31.1. The molecule has 4 aliphatic rings. The van der Waals surface area contributed by atoms with Crippen molar-refractivity contribution in [3.63, 3.8) is 0 Å². The summed E-state index contributed by atoms with van der Waals surface area (Å²) in [6.45, 7) is 23.9. The van der Waals surface area contributed by atoms with Gasteiger partial charge in [-0.15, -0.1) is 0 Å². The summed E-state index contributed by atoms with van der Waals surface area (Å²) < 4.78 is 6.14. The second-order valence-corrected chi connectivity index (χ2v) is 17.4. The van der Waals surface area contributed by atoms with Crippen LogP contribution in [-0.2, 0) is 14.3 Å². The largest absolute Gasteiger partial charge is 0.512 e. The Morgan fingerprint density at radius 2 is 1.76 bits per heavy atom. The van der Waals surface area contributed by atoms with Crippen molar-refractivity contribution in [1.82, 2.24) is 0 Å². The molecule has 0 bridgehead atoms. The number of aldehydes is 1. The molecular weight excluding hydrogens is 570 g/mol. The van der Waals surface area contributed by atoms with Gasteiger partial charge in [0.15, 0.2) is 0 Å². The summed E-state index contributed by atoms with van der Waals surface area (Å²) in [4.78, 5) is 30.2. The second kappa shape index (κ2) is 14.3. The predicted molar refractivity (Wildman–Crippen MR) is 190 cm³/mol. The maximum atomic E-state index is 13.0. The molecule has 10 unspecified atom stereocenters. The second-order valence-electron chi connectivity index (χ2n) is 17.4. The van der Waals surface area contributed by atoms with Gasteiger partial charge in [0.1, 0.15) is 12.4 Å². The minimum absolute atomic E-state index is 0.0322. The van der Waals surface area contributed by atoms with Crippen molar-refractivity contribution in [3.8, 4) is 0 Å². The van der Waals surface area contributed by atoms with Gasteiger partial charge in [-0.2, -0.15) is 0 Å². The van der Waals surface area contributed by atoms with Crippen LogP contribution in [-0.4, -0.2) is 36.2 Å². The number of aliphatic hydroxyl groups is 1. The Balaban J connectivity index is 1.59. The zero-order valence-corrected chi connectivity index (χ0v) is 31.1. The van der Waals surface area contributed by atoms with Crippen molar-refractivity contribution in [3.05, 3.63) is 23.5 Å². The lowest BCUT2D eigenvalue weighted by Crippen LogP contribution is -2.57. The topological polar surface area (TPSA) is 76.0 Å². The number of ether oxygens (including phenoxy) is 1. The highest BCUT2D eigenvalue weighted by atomic mass is 16.5. The molecule has 0 aromatic heterocycles. The van der Waals surface area contributed by atoms with Gasteiger partial charge in [-0.3, -0.25) is 9.79 Å². The van der Waals surface area contributed by atoms with Gasteiger partial charge >= 0.3 is 5.97 Å². The Morgan fingerprint density at radius 1 is 1.09 bits per heavy atom. The first kappa shape index (κ1) is 36.9. The Bertz CT molecular complexity index is 1200. The lowest BCUT2D eigenvalue weighted by Gasteiger charge is -2.63. The molecular formula is C41H67NO4. The number of hydrogen-bond donors (Lipinski definition) is 1. The Labute approximate surface area is 281 Å². The van der Waals surface area contributed by atoms with E-state index in [2.05, 4.69) is 55.0 Å². The number of carbonyl (C=O) groups is 2. The third-order valence-electron chi connectivity index (χ3n) is 14.4. The average Bonchev–Trinajstić information content (AvgIpc) is 3.00. The van der Waals surface area contributed by atoms with Crippen LogP contribution in [0.4, 0.5) is 0 Å². The number of nitrogens with zero attached hydrogens (tertiary/aromatic N) is 1. The molecule has 10 atom stereocenters. The lowest BCUT2D eigenvalue weighted by molar-refractivity contribution is -0.173. The number of aliphatic hydroxyl groups excluding tert-OH is 1. The van der Waals surface area contributed by atoms with E-state index in [9.17, 15) is 14.7 Å². The van der Waals surface area contributed by atoms with Gasteiger partial charge in [-0.25, -0.2) is 0 Å². The van der Waals surface area contributed by atoms with Crippen LogP contribution in [0.5, 0.6) is 0 Å². The van der Waals surface area contributed by atoms with E-state index >= 15 is 0 Å². The highest BCUT2D eigenvalue weighted by Crippen LogP contribution is 2.67. The van der Waals surface area contributed by atoms with Gasteiger partial charge in [0.2, 0.25) is 0 Å². The van der Waals surface area contributed by atoms with Crippen LogP contribution < -0.4 is 0 Å². The van der Waals surface area contributed by atoms with Gasteiger partial charge in [-0.1, -0.05) is 73.1 Å². The van der Waals surface area contributed by atoms with Gasteiger partial charge in [0, 0.05) is 30.0 Å². The smallest absolute Gasteiger partial charge is 0.307 e. The number of carbonyl (C=O) groups excluding carboxylic acids is 2. The molecule has 0 aromatic rings. The fraction of sp³-hybridized carbons (Fsp3) is 0.829. The van der Waals surface area contributed by atoms with Crippen molar-refractivity contribution >= 4 is 18.0 Å². The average molecular weight is 638 g/mol. The van der Waals surface area contributed by atoms with Crippen LogP contribution in [0.2, 0.25) is 0 Å². The van der Waals surface area contributed by atoms with E-state index in [1.807, 2.05) is 20.9 Å². The first-order valence-electron chi connectivity index (χ1n) is 18.7. The van der Waals surface area contributed by atoms with Gasteiger partial charge in [0.25, 0.3) is 0 Å². The van der Waals surface area contributed by atoms with Crippen molar-refractivity contribution in [2.75, 3.05) is 7.05 Å². The first-order valence-corrected chi connectivity index (χ1v) is 18.7.